The molecule has 0 aliphatic carbocycles. The number of halogens is 1. The fraction of sp³-hybridized carbons (Fsp3) is 0.0588. The zero-order chi connectivity index (χ0) is 15.7. The summed E-state index contributed by atoms with van der Waals surface area (Å²) >= 11 is 3.42. The Morgan fingerprint density at radius 2 is 1.86 bits per heavy atom. The van der Waals surface area contributed by atoms with Crippen LogP contribution in [0.1, 0.15) is 27.8 Å². The zero-order valence-corrected chi connectivity index (χ0v) is 13.3. The highest BCUT2D eigenvalue weighted by Crippen LogP contribution is 2.27. The number of anilines is 1. The van der Waals surface area contributed by atoms with Crippen LogP contribution in [0.15, 0.2) is 57.4 Å². The van der Waals surface area contributed by atoms with Gasteiger partial charge < -0.3 is 9.73 Å². The SMILES string of the molecule is CC(=O)c1cccc(NC(=O)c2cc3c(Br)cccc3o2)c1. The van der Waals surface area contributed by atoms with Crippen molar-refractivity contribution in [1.82, 2.24) is 0 Å². The maximum Gasteiger partial charge on any atom is 0.291 e. The number of fused-ring (bicyclic) bond motifs is 1. The summed E-state index contributed by atoms with van der Waals surface area (Å²) in [5.74, 6) is -0.192. The highest BCUT2D eigenvalue weighted by molar-refractivity contribution is 9.10. The van der Waals surface area contributed by atoms with Gasteiger partial charge in [-0.15, -0.1) is 0 Å². The van der Waals surface area contributed by atoms with Crippen molar-refractivity contribution in [2.24, 2.45) is 0 Å². The van der Waals surface area contributed by atoms with Crippen LogP contribution >= 0.6 is 15.9 Å². The standard InChI is InChI=1S/C17H12BrNO3/c1-10(20)11-4-2-5-12(8-11)19-17(21)16-9-13-14(18)6-3-7-15(13)22-16/h2-9H,1H3,(H,19,21). The molecule has 0 saturated carbocycles. The Bertz CT molecular complexity index is 882. The van der Waals surface area contributed by atoms with Crippen LogP contribution in [0.3, 0.4) is 0 Å². The molecule has 22 heavy (non-hydrogen) atoms. The van der Waals surface area contributed by atoms with Gasteiger partial charge in [0.15, 0.2) is 11.5 Å². The minimum Gasteiger partial charge on any atom is -0.451 e. The molecule has 0 unspecified atom stereocenters. The number of nitrogens with one attached hydrogen (secondary N) is 1. The maximum atomic E-state index is 12.3. The van der Waals surface area contributed by atoms with Crippen LogP contribution < -0.4 is 5.32 Å². The molecular formula is C17H12BrNO3. The quantitative estimate of drug-likeness (QED) is 0.694. The van der Waals surface area contributed by atoms with E-state index in [0.29, 0.717) is 16.8 Å². The van der Waals surface area contributed by atoms with E-state index < -0.39 is 0 Å². The van der Waals surface area contributed by atoms with Crippen molar-refractivity contribution in [2.45, 2.75) is 6.92 Å². The van der Waals surface area contributed by atoms with Crippen molar-refractivity contribution >= 4 is 44.3 Å². The van der Waals surface area contributed by atoms with Crippen LogP contribution in [0, 0.1) is 0 Å². The molecule has 0 aliphatic heterocycles. The number of Topliss-reactive ketones (excluding diaryl/α,β-unsaturated/α-hetero) is 1. The average molecular weight is 358 g/mol. The molecule has 4 nitrogen and oxygen atoms in total. The molecule has 2 aromatic carbocycles. The van der Waals surface area contributed by atoms with E-state index in [4.69, 9.17) is 4.42 Å². The summed E-state index contributed by atoms with van der Waals surface area (Å²) in [4.78, 5) is 23.6. The maximum absolute atomic E-state index is 12.3. The Hall–Kier alpha value is -2.40. The van der Waals surface area contributed by atoms with Crippen molar-refractivity contribution in [3.05, 3.63) is 64.3 Å². The van der Waals surface area contributed by atoms with E-state index in [9.17, 15) is 9.59 Å². The first-order valence-corrected chi connectivity index (χ1v) is 7.44. The molecule has 5 heteroatoms. The lowest BCUT2D eigenvalue weighted by Crippen LogP contribution is -2.11. The number of carbonyl (C=O) groups excluding carboxylic acids is 2. The minimum absolute atomic E-state index is 0.0521. The van der Waals surface area contributed by atoms with Crippen molar-refractivity contribution < 1.29 is 14.0 Å². The predicted molar refractivity (Wildman–Crippen MR) is 88.3 cm³/mol. The number of hydrogen-bond acceptors (Lipinski definition) is 3. The van der Waals surface area contributed by atoms with Crippen molar-refractivity contribution in [3.63, 3.8) is 0 Å². The van der Waals surface area contributed by atoms with Gasteiger partial charge in [-0.1, -0.05) is 34.1 Å². The first-order valence-electron chi connectivity index (χ1n) is 6.65. The molecule has 0 radical (unpaired) electrons. The van der Waals surface area contributed by atoms with E-state index in [1.54, 1.807) is 36.4 Å². The van der Waals surface area contributed by atoms with Gasteiger partial charge in [-0.25, -0.2) is 0 Å². The van der Waals surface area contributed by atoms with Gasteiger partial charge in [-0.3, -0.25) is 9.59 Å². The molecule has 1 heterocycles. The summed E-state index contributed by atoms with van der Waals surface area (Å²) in [5.41, 5.74) is 1.74. The highest BCUT2D eigenvalue weighted by Gasteiger charge is 2.14. The Labute approximate surface area is 135 Å². The molecule has 1 N–H and O–H groups in total. The molecule has 0 fully saturated rings. The average Bonchev–Trinajstić information content (AvgIpc) is 2.93. The molecule has 3 rings (SSSR count). The largest absolute Gasteiger partial charge is 0.451 e. The molecule has 0 bridgehead atoms. The normalized spacial score (nSPS) is 10.6. The number of carbonyl (C=O) groups is 2. The summed E-state index contributed by atoms with van der Waals surface area (Å²) in [6.45, 7) is 1.48. The van der Waals surface area contributed by atoms with Gasteiger partial charge in [-0.2, -0.15) is 0 Å². The molecule has 1 aromatic heterocycles. The van der Waals surface area contributed by atoms with Crippen molar-refractivity contribution in [1.29, 1.82) is 0 Å². The van der Waals surface area contributed by atoms with Gasteiger partial charge in [0.2, 0.25) is 0 Å². The molecule has 0 spiro atoms. The Morgan fingerprint density at radius 3 is 2.59 bits per heavy atom. The lowest BCUT2D eigenvalue weighted by Gasteiger charge is -2.04. The third-order valence-corrected chi connectivity index (χ3v) is 3.95. The Kier molecular flexibility index (Phi) is 3.81. The van der Waals surface area contributed by atoms with E-state index in [1.807, 2.05) is 12.1 Å². The number of benzene rings is 2. The summed E-state index contributed by atoms with van der Waals surface area (Å²) in [6, 6.07) is 14.0. The molecule has 0 atom stereocenters. The summed E-state index contributed by atoms with van der Waals surface area (Å²) in [7, 11) is 0. The first kappa shape index (κ1) is 14.5. The molecule has 0 saturated heterocycles. The Balaban J connectivity index is 1.88. The second kappa shape index (κ2) is 5.77. The van der Waals surface area contributed by atoms with Crippen LogP contribution in [0.4, 0.5) is 5.69 Å². The summed E-state index contributed by atoms with van der Waals surface area (Å²) in [5, 5.41) is 3.57. The minimum atomic E-state index is -0.358. The van der Waals surface area contributed by atoms with Crippen LogP contribution in [-0.2, 0) is 0 Å². The second-order valence-electron chi connectivity index (χ2n) is 4.85. The van der Waals surface area contributed by atoms with Gasteiger partial charge in [-0.05, 0) is 37.3 Å². The van der Waals surface area contributed by atoms with Crippen LogP contribution in [0.25, 0.3) is 11.0 Å². The van der Waals surface area contributed by atoms with Gasteiger partial charge in [0.25, 0.3) is 5.91 Å². The van der Waals surface area contributed by atoms with Gasteiger partial charge in [0.05, 0.1) is 0 Å². The monoisotopic (exact) mass is 357 g/mol. The van der Waals surface area contributed by atoms with E-state index in [1.165, 1.54) is 6.92 Å². The molecule has 110 valence electrons. The van der Waals surface area contributed by atoms with E-state index in [0.717, 1.165) is 9.86 Å². The number of rotatable bonds is 3. The number of ketones is 1. The summed E-state index contributed by atoms with van der Waals surface area (Å²) in [6.07, 6.45) is 0. The smallest absolute Gasteiger partial charge is 0.291 e. The second-order valence-corrected chi connectivity index (χ2v) is 5.71. The van der Waals surface area contributed by atoms with Crippen LogP contribution in [-0.4, -0.2) is 11.7 Å². The van der Waals surface area contributed by atoms with Crippen LogP contribution in [0.2, 0.25) is 0 Å². The first-order chi connectivity index (χ1) is 10.5. The highest BCUT2D eigenvalue weighted by atomic mass is 79.9. The Morgan fingerprint density at radius 1 is 1.09 bits per heavy atom. The third-order valence-electron chi connectivity index (χ3n) is 3.26. The fourth-order valence-electron chi connectivity index (χ4n) is 2.15. The molecule has 0 aliphatic rings. The van der Waals surface area contributed by atoms with Crippen molar-refractivity contribution in [2.75, 3.05) is 5.32 Å². The predicted octanol–water partition coefficient (Wildman–Crippen LogP) is 4.65. The van der Waals surface area contributed by atoms with E-state index in [-0.39, 0.29) is 17.5 Å². The molecular weight excluding hydrogens is 346 g/mol. The van der Waals surface area contributed by atoms with Crippen molar-refractivity contribution in [3.8, 4) is 0 Å². The topological polar surface area (TPSA) is 59.3 Å². The van der Waals surface area contributed by atoms with Gasteiger partial charge >= 0.3 is 0 Å². The number of amides is 1. The zero-order valence-electron chi connectivity index (χ0n) is 11.7. The summed E-state index contributed by atoms with van der Waals surface area (Å²) < 4.78 is 6.42. The van der Waals surface area contributed by atoms with E-state index >= 15 is 0 Å². The lowest BCUT2D eigenvalue weighted by molar-refractivity contribution is 0.0993. The number of furan rings is 1. The number of hydrogen-bond donors (Lipinski definition) is 1. The molecule has 3 aromatic rings. The van der Waals surface area contributed by atoms with Crippen LogP contribution in [0.5, 0.6) is 0 Å². The van der Waals surface area contributed by atoms with Gasteiger partial charge in [0.1, 0.15) is 5.58 Å². The molecule has 1 amide bonds. The van der Waals surface area contributed by atoms with E-state index in [2.05, 4.69) is 21.2 Å². The van der Waals surface area contributed by atoms with Gasteiger partial charge in [0, 0.05) is 21.1 Å². The fourth-order valence-corrected chi connectivity index (χ4v) is 2.61. The lowest BCUT2D eigenvalue weighted by atomic mass is 10.1. The third kappa shape index (κ3) is 2.80.